The van der Waals surface area contributed by atoms with E-state index in [4.69, 9.17) is 14.7 Å². The van der Waals surface area contributed by atoms with Crippen LogP contribution < -0.4 is 14.8 Å². The maximum absolute atomic E-state index is 11.8. The van der Waals surface area contributed by atoms with Gasteiger partial charge in [0.05, 0.1) is 31.8 Å². The molecule has 0 saturated heterocycles. The summed E-state index contributed by atoms with van der Waals surface area (Å²) in [5.41, 5.74) is 1.22. The van der Waals surface area contributed by atoms with Crippen LogP contribution in [0.25, 0.3) is 0 Å². The first kappa shape index (κ1) is 15.4. The van der Waals surface area contributed by atoms with Crippen molar-refractivity contribution in [3.8, 4) is 17.6 Å². The van der Waals surface area contributed by atoms with Crippen LogP contribution in [0.15, 0.2) is 48.5 Å². The number of ether oxygens (including phenoxy) is 2. The van der Waals surface area contributed by atoms with Crippen molar-refractivity contribution in [3.63, 3.8) is 0 Å². The fraction of sp³-hybridized carbons (Fsp3) is 0.176. The zero-order valence-electron chi connectivity index (χ0n) is 12.2. The molecule has 0 bridgehead atoms. The van der Waals surface area contributed by atoms with Crippen molar-refractivity contribution in [1.29, 1.82) is 5.26 Å². The molecule has 5 heteroatoms. The van der Waals surface area contributed by atoms with Crippen molar-refractivity contribution >= 4 is 11.6 Å². The summed E-state index contributed by atoms with van der Waals surface area (Å²) in [7, 11) is 1.60. The van der Waals surface area contributed by atoms with E-state index >= 15 is 0 Å². The topological polar surface area (TPSA) is 71.3 Å². The van der Waals surface area contributed by atoms with E-state index in [9.17, 15) is 4.79 Å². The Morgan fingerprint density at radius 1 is 1.09 bits per heavy atom. The van der Waals surface area contributed by atoms with Crippen LogP contribution in [0.5, 0.6) is 11.5 Å². The Morgan fingerprint density at radius 2 is 1.73 bits per heavy atom. The van der Waals surface area contributed by atoms with Gasteiger partial charge in [-0.05, 0) is 48.5 Å². The highest BCUT2D eigenvalue weighted by atomic mass is 16.5. The molecule has 2 aromatic carbocycles. The molecule has 1 N–H and O–H groups in total. The fourth-order valence-corrected chi connectivity index (χ4v) is 1.79. The molecule has 0 aromatic heterocycles. The minimum atomic E-state index is -0.141. The maximum Gasteiger partial charge on any atom is 0.227 e. The van der Waals surface area contributed by atoms with Crippen molar-refractivity contribution < 1.29 is 14.3 Å². The molecule has 0 heterocycles. The molecule has 0 unspecified atom stereocenters. The van der Waals surface area contributed by atoms with Crippen LogP contribution in [-0.4, -0.2) is 19.6 Å². The maximum atomic E-state index is 11.8. The molecular weight excluding hydrogens is 280 g/mol. The molecule has 2 aromatic rings. The van der Waals surface area contributed by atoms with Gasteiger partial charge in [0.2, 0.25) is 5.91 Å². The van der Waals surface area contributed by atoms with Crippen LogP contribution in [0.1, 0.15) is 12.0 Å². The first-order chi connectivity index (χ1) is 10.7. The van der Waals surface area contributed by atoms with Crippen LogP contribution in [0.3, 0.4) is 0 Å². The second-order valence-electron chi connectivity index (χ2n) is 4.51. The highest BCUT2D eigenvalue weighted by Gasteiger charge is 2.03. The average Bonchev–Trinajstić information content (AvgIpc) is 2.56. The number of hydrogen-bond acceptors (Lipinski definition) is 4. The number of methoxy groups -OCH3 is 1. The van der Waals surface area contributed by atoms with Crippen LogP contribution in [0, 0.1) is 11.3 Å². The Morgan fingerprint density at radius 3 is 2.32 bits per heavy atom. The SMILES string of the molecule is COc1ccc(OCCC(=O)Nc2ccc(C#N)cc2)cc1. The van der Waals surface area contributed by atoms with Gasteiger partial charge in [-0.15, -0.1) is 0 Å². The van der Waals surface area contributed by atoms with Crippen molar-refractivity contribution in [2.45, 2.75) is 6.42 Å². The number of anilines is 1. The number of hydrogen-bond donors (Lipinski definition) is 1. The van der Waals surface area contributed by atoms with Crippen LogP contribution >= 0.6 is 0 Å². The average molecular weight is 296 g/mol. The van der Waals surface area contributed by atoms with Gasteiger partial charge in [0.25, 0.3) is 0 Å². The highest BCUT2D eigenvalue weighted by Crippen LogP contribution is 2.17. The van der Waals surface area contributed by atoms with Gasteiger partial charge in [0.15, 0.2) is 0 Å². The van der Waals surface area contributed by atoms with Gasteiger partial charge in [-0.25, -0.2) is 0 Å². The summed E-state index contributed by atoms with van der Waals surface area (Å²) in [6.07, 6.45) is 0.242. The van der Waals surface area contributed by atoms with Gasteiger partial charge in [0, 0.05) is 5.69 Å². The van der Waals surface area contributed by atoms with E-state index < -0.39 is 0 Å². The minimum absolute atomic E-state index is 0.141. The van der Waals surface area contributed by atoms with E-state index in [0.717, 1.165) is 5.75 Å². The van der Waals surface area contributed by atoms with Gasteiger partial charge >= 0.3 is 0 Å². The summed E-state index contributed by atoms with van der Waals surface area (Å²) in [5, 5.41) is 11.5. The molecule has 1 amide bonds. The summed E-state index contributed by atoms with van der Waals surface area (Å²) < 4.78 is 10.5. The summed E-state index contributed by atoms with van der Waals surface area (Å²) in [6, 6.07) is 15.9. The first-order valence-corrected chi connectivity index (χ1v) is 6.78. The zero-order valence-corrected chi connectivity index (χ0v) is 12.2. The van der Waals surface area contributed by atoms with Crippen molar-refractivity contribution in [1.82, 2.24) is 0 Å². The molecule has 0 saturated carbocycles. The molecule has 0 aliphatic carbocycles. The lowest BCUT2D eigenvalue weighted by Crippen LogP contribution is -2.15. The zero-order chi connectivity index (χ0) is 15.8. The van der Waals surface area contributed by atoms with Gasteiger partial charge < -0.3 is 14.8 Å². The third-order valence-electron chi connectivity index (χ3n) is 2.96. The Labute approximate surface area is 129 Å². The number of nitrogens with one attached hydrogen (secondary N) is 1. The lowest BCUT2D eigenvalue weighted by atomic mass is 10.2. The third kappa shape index (κ3) is 4.53. The molecule has 0 fully saturated rings. The first-order valence-electron chi connectivity index (χ1n) is 6.78. The van der Waals surface area contributed by atoms with Crippen molar-refractivity contribution in [2.75, 3.05) is 19.0 Å². The second kappa shape index (κ2) is 7.70. The Balaban J connectivity index is 1.76. The molecule has 5 nitrogen and oxygen atoms in total. The van der Waals surface area contributed by atoms with Gasteiger partial charge in [-0.2, -0.15) is 5.26 Å². The standard InChI is InChI=1S/C17H16N2O3/c1-21-15-6-8-16(9-7-15)22-11-10-17(20)19-14-4-2-13(12-18)3-5-14/h2-9H,10-11H2,1H3,(H,19,20). The number of carbonyl (C=O) groups excluding carboxylic acids is 1. The lowest BCUT2D eigenvalue weighted by molar-refractivity contribution is -0.116. The summed E-state index contributed by atoms with van der Waals surface area (Å²) >= 11 is 0. The number of amides is 1. The molecule has 0 aliphatic rings. The normalized spacial score (nSPS) is 9.64. The molecule has 112 valence electrons. The summed E-state index contributed by atoms with van der Waals surface area (Å²) in [4.78, 5) is 11.8. The van der Waals surface area contributed by atoms with E-state index in [-0.39, 0.29) is 18.9 Å². The van der Waals surface area contributed by atoms with Crippen molar-refractivity contribution in [3.05, 3.63) is 54.1 Å². The number of carbonyl (C=O) groups is 1. The smallest absolute Gasteiger partial charge is 0.227 e. The number of benzene rings is 2. The predicted molar refractivity (Wildman–Crippen MR) is 82.9 cm³/mol. The molecule has 0 radical (unpaired) electrons. The van der Waals surface area contributed by atoms with Crippen molar-refractivity contribution in [2.24, 2.45) is 0 Å². The van der Waals surface area contributed by atoms with Crippen LogP contribution in [0.2, 0.25) is 0 Å². The number of nitrogens with zero attached hydrogens (tertiary/aromatic N) is 1. The Bertz CT molecular complexity index is 658. The van der Waals surface area contributed by atoms with E-state index in [2.05, 4.69) is 5.32 Å². The Hall–Kier alpha value is -3.00. The second-order valence-corrected chi connectivity index (χ2v) is 4.51. The van der Waals surface area contributed by atoms with E-state index in [0.29, 0.717) is 17.0 Å². The monoisotopic (exact) mass is 296 g/mol. The van der Waals surface area contributed by atoms with Gasteiger partial charge in [-0.1, -0.05) is 0 Å². The van der Waals surface area contributed by atoms with Gasteiger partial charge in [-0.3, -0.25) is 4.79 Å². The van der Waals surface area contributed by atoms with Crippen LogP contribution in [-0.2, 0) is 4.79 Å². The molecule has 0 aliphatic heterocycles. The fourth-order valence-electron chi connectivity index (χ4n) is 1.79. The number of rotatable bonds is 6. The molecule has 2 rings (SSSR count). The summed E-state index contributed by atoms with van der Waals surface area (Å²) in [6.45, 7) is 0.286. The predicted octanol–water partition coefficient (Wildman–Crippen LogP) is 2.97. The number of nitriles is 1. The molecule has 22 heavy (non-hydrogen) atoms. The minimum Gasteiger partial charge on any atom is -0.497 e. The lowest BCUT2D eigenvalue weighted by Gasteiger charge is -2.08. The Kier molecular flexibility index (Phi) is 5.38. The molecular formula is C17H16N2O3. The molecule has 0 atom stereocenters. The van der Waals surface area contributed by atoms with Gasteiger partial charge in [0.1, 0.15) is 11.5 Å². The van der Waals surface area contributed by atoms with Crippen LogP contribution in [0.4, 0.5) is 5.69 Å². The highest BCUT2D eigenvalue weighted by molar-refractivity contribution is 5.90. The van der Waals surface area contributed by atoms with E-state index in [1.165, 1.54) is 0 Å². The molecule has 0 spiro atoms. The largest absolute Gasteiger partial charge is 0.497 e. The summed E-state index contributed by atoms with van der Waals surface area (Å²) in [5.74, 6) is 1.30. The van der Waals surface area contributed by atoms with E-state index in [1.54, 1.807) is 55.6 Å². The third-order valence-corrected chi connectivity index (χ3v) is 2.96. The van der Waals surface area contributed by atoms with E-state index in [1.807, 2.05) is 6.07 Å². The quantitative estimate of drug-likeness (QED) is 0.889.